The molecule has 0 bridgehead atoms. The van der Waals surface area contributed by atoms with Crippen LogP contribution in [0.25, 0.3) is 49.0 Å². The molecule has 3 heteroatoms. The fraction of sp³-hybridized carbons (Fsp3) is 0.250. The molecule has 2 nitrogen and oxygen atoms in total. The second-order valence-electron chi connectivity index (χ2n) is 10.4. The van der Waals surface area contributed by atoms with Gasteiger partial charge in [0, 0.05) is 16.8 Å². The molecule has 0 aliphatic heterocycles. The van der Waals surface area contributed by atoms with E-state index in [4.69, 9.17) is 0 Å². The van der Waals surface area contributed by atoms with Crippen LogP contribution in [-0.4, -0.2) is 12.5 Å². The molecule has 0 atom stereocenters. The highest BCUT2D eigenvalue weighted by molar-refractivity contribution is 6.89. The van der Waals surface area contributed by atoms with E-state index in [1.807, 2.05) is 0 Å². The third-order valence-electron chi connectivity index (χ3n) is 7.38. The van der Waals surface area contributed by atoms with E-state index in [0.29, 0.717) is 0 Å². The molecule has 0 saturated heterocycles. The molecular weight excluding hydrogens is 392 g/mol. The largest absolute Gasteiger partial charge is 0.307 e. The lowest BCUT2D eigenvalue weighted by molar-refractivity contribution is -0.643. The SMILES string of the molecule is Cc1ccc2c3ccc(C)c4c3n(c3cc([Si](C)(C)C)cc5cc[n+](C)c4c53)c2c1C. The van der Waals surface area contributed by atoms with E-state index in [-0.39, 0.29) is 0 Å². The summed E-state index contributed by atoms with van der Waals surface area (Å²) in [5.41, 5.74) is 9.52. The van der Waals surface area contributed by atoms with Crippen molar-refractivity contribution in [2.24, 2.45) is 7.05 Å². The van der Waals surface area contributed by atoms with E-state index in [1.54, 1.807) is 0 Å². The summed E-state index contributed by atoms with van der Waals surface area (Å²) in [6.45, 7) is 14.1. The first-order valence-electron chi connectivity index (χ1n) is 11.2. The normalized spacial score (nSPS) is 13.0. The Labute approximate surface area is 184 Å². The minimum Gasteiger partial charge on any atom is -0.307 e. The van der Waals surface area contributed by atoms with Crippen molar-refractivity contribution in [2.75, 3.05) is 0 Å². The van der Waals surface area contributed by atoms with Gasteiger partial charge in [-0.3, -0.25) is 0 Å². The lowest BCUT2D eigenvalue weighted by Gasteiger charge is -2.20. The van der Waals surface area contributed by atoms with Crippen molar-refractivity contribution in [2.45, 2.75) is 40.4 Å². The van der Waals surface area contributed by atoms with Crippen LogP contribution in [0, 0.1) is 20.8 Å². The second-order valence-corrected chi connectivity index (χ2v) is 15.5. The molecule has 6 aromatic rings. The van der Waals surface area contributed by atoms with Gasteiger partial charge in [0.1, 0.15) is 7.05 Å². The molecule has 0 fully saturated rings. The third kappa shape index (κ3) is 2.30. The van der Waals surface area contributed by atoms with Gasteiger partial charge in [0.25, 0.3) is 0 Å². The predicted molar refractivity (Wildman–Crippen MR) is 137 cm³/mol. The smallest absolute Gasteiger partial charge is 0.224 e. The van der Waals surface area contributed by atoms with Gasteiger partial charge in [-0.15, -0.1) is 0 Å². The zero-order chi connectivity index (χ0) is 21.8. The van der Waals surface area contributed by atoms with Crippen LogP contribution in [0.5, 0.6) is 0 Å². The maximum Gasteiger partial charge on any atom is 0.224 e. The molecule has 3 aromatic carbocycles. The Morgan fingerprint density at radius 3 is 2.16 bits per heavy atom. The highest BCUT2D eigenvalue weighted by Gasteiger charge is 2.26. The number of pyridine rings is 2. The molecule has 6 rings (SSSR count). The van der Waals surface area contributed by atoms with Crippen LogP contribution in [0.15, 0.2) is 48.7 Å². The van der Waals surface area contributed by atoms with E-state index < -0.39 is 8.07 Å². The van der Waals surface area contributed by atoms with Crippen LogP contribution in [0.2, 0.25) is 19.6 Å². The number of aromatic nitrogens is 2. The molecule has 0 amide bonds. The number of benzene rings is 3. The standard InChI is InChI=1S/C28H29N2Si/c1-16-8-10-21-22-11-9-17(2)24-27(22)30(26(21)18(16)3)23-15-20(31(5,6)7)14-19-12-13-29(4)28(24)25(19)23/h8-15H,1-7H3/q+1. The number of fused-ring (bicyclic) bond motifs is 5. The minimum absolute atomic E-state index is 1.34. The predicted octanol–water partition coefficient (Wildman–Crippen LogP) is 6.28. The molecule has 0 N–H and O–H groups in total. The van der Waals surface area contributed by atoms with Crippen LogP contribution in [-0.2, 0) is 7.05 Å². The summed E-state index contributed by atoms with van der Waals surface area (Å²) in [6.07, 6.45) is 2.24. The Morgan fingerprint density at radius 2 is 1.45 bits per heavy atom. The van der Waals surface area contributed by atoms with Crippen molar-refractivity contribution >= 4 is 62.3 Å². The molecule has 154 valence electrons. The third-order valence-corrected chi connectivity index (χ3v) is 9.41. The molecule has 31 heavy (non-hydrogen) atoms. The molecule has 0 spiro atoms. The first-order chi connectivity index (χ1) is 14.7. The summed E-state index contributed by atoms with van der Waals surface area (Å²) in [5.74, 6) is 0. The Balaban J connectivity index is 2.09. The number of hydrogen-bond donors (Lipinski definition) is 0. The topological polar surface area (TPSA) is 8.29 Å². The zero-order valence-corrected chi connectivity index (χ0v) is 20.5. The zero-order valence-electron chi connectivity index (χ0n) is 19.5. The molecule has 0 aliphatic rings. The first kappa shape index (κ1) is 18.8. The quantitative estimate of drug-likeness (QED) is 0.128. The van der Waals surface area contributed by atoms with Crippen LogP contribution in [0.3, 0.4) is 0 Å². The molecule has 0 radical (unpaired) electrons. The monoisotopic (exact) mass is 421 g/mol. The summed E-state index contributed by atoms with van der Waals surface area (Å²) < 4.78 is 4.91. The van der Waals surface area contributed by atoms with Gasteiger partial charge in [0.15, 0.2) is 6.20 Å². The van der Waals surface area contributed by atoms with Crippen LogP contribution >= 0.6 is 0 Å². The highest BCUT2D eigenvalue weighted by Crippen LogP contribution is 2.41. The highest BCUT2D eigenvalue weighted by atomic mass is 28.3. The van der Waals surface area contributed by atoms with E-state index in [1.165, 1.54) is 70.9 Å². The van der Waals surface area contributed by atoms with Crippen molar-refractivity contribution in [1.29, 1.82) is 0 Å². The number of hydrogen-bond acceptors (Lipinski definition) is 0. The Morgan fingerprint density at radius 1 is 0.774 bits per heavy atom. The van der Waals surface area contributed by atoms with Crippen LogP contribution in [0.1, 0.15) is 16.7 Å². The fourth-order valence-corrected chi connectivity index (χ4v) is 6.65. The van der Waals surface area contributed by atoms with Crippen LogP contribution in [0.4, 0.5) is 0 Å². The van der Waals surface area contributed by atoms with Gasteiger partial charge in [-0.25, -0.2) is 4.57 Å². The summed E-state index contributed by atoms with van der Waals surface area (Å²) in [6, 6.07) is 16.5. The van der Waals surface area contributed by atoms with Gasteiger partial charge in [0.2, 0.25) is 5.52 Å². The minimum atomic E-state index is -1.48. The number of rotatable bonds is 1. The Hall–Kier alpha value is -2.91. The maximum absolute atomic E-state index is 2.59. The maximum atomic E-state index is 2.59. The summed E-state index contributed by atoms with van der Waals surface area (Å²) >= 11 is 0. The average Bonchev–Trinajstić information content (AvgIpc) is 3.05. The van der Waals surface area contributed by atoms with Gasteiger partial charge in [0.05, 0.1) is 35.4 Å². The van der Waals surface area contributed by atoms with Crippen molar-refractivity contribution in [1.82, 2.24) is 4.40 Å². The lowest BCUT2D eigenvalue weighted by Crippen LogP contribution is -2.38. The van der Waals surface area contributed by atoms with Gasteiger partial charge >= 0.3 is 0 Å². The second kappa shape index (κ2) is 5.86. The first-order valence-corrected chi connectivity index (χ1v) is 14.7. The van der Waals surface area contributed by atoms with E-state index in [9.17, 15) is 0 Å². The number of nitrogens with zero attached hydrogens (tertiary/aromatic N) is 2. The van der Waals surface area contributed by atoms with E-state index >= 15 is 0 Å². The van der Waals surface area contributed by atoms with Crippen molar-refractivity contribution in [3.8, 4) is 0 Å². The Bertz CT molecular complexity index is 1700. The van der Waals surface area contributed by atoms with Crippen molar-refractivity contribution in [3.05, 3.63) is 65.4 Å². The molecule has 0 unspecified atom stereocenters. The van der Waals surface area contributed by atoms with Gasteiger partial charge in [-0.05, 0) is 48.9 Å². The summed E-state index contributed by atoms with van der Waals surface area (Å²) in [4.78, 5) is 0. The average molecular weight is 422 g/mol. The molecule has 0 saturated carbocycles. The molecule has 3 aromatic heterocycles. The van der Waals surface area contributed by atoms with E-state index in [2.05, 4.69) is 105 Å². The molecule has 0 aliphatic carbocycles. The molecule has 3 heterocycles. The van der Waals surface area contributed by atoms with Gasteiger partial charge in [-0.2, -0.15) is 0 Å². The van der Waals surface area contributed by atoms with Crippen LogP contribution < -0.4 is 9.75 Å². The summed E-state index contributed by atoms with van der Waals surface area (Å²) in [7, 11) is 0.709. The number of aryl methyl sites for hydroxylation is 4. The fourth-order valence-electron chi connectivity index (χ4n) is 5.49. The van der Waals surface area contributed by atoms with Crippen molar-refractivity contribution in [3.63, 3.8) is 0 Å². The Kier molecular flexibility index (Phi) is 3.56. The lowest BCUT2D eigenvalue weighted by atomic mass is 9.99. The van der Waals surface area contributed by atoms with E-state index in [0.717, 1.165) is 0 Å². The molecular formula is C28H29N2Si+. The summed E-state index contributed by atoms with van der Waals surface area (Å²) in [5, 5.41) is 8.37. The van der Waals surface area contributed by atoms with Crippen molar-refractivity contribution < 1.29 is 4.57 Å². The van der Waals surface area contributed by atoms with Gasteiger partial charge in [-0.1, -0.05) is 55.2 Å². The van der Waals surface area contributed by atoms with Gasteiger partial charge < -0.3 is 4.40 Å².